The van der Waals surface area contributed by atoms with Gasteiger partial charge in [0.15, 0.2) is 6.61 Å². The van der Waals surface area contributed by atoms with Crippen LogP contribution >= 0.6 is 23.2 Å². The molecule has 0 bridgehead atoms. The molecule has 0 heterocycles. The van der Waals surface area contributed by atoms with Gasteiger partial charge in [0.1, 0.15) is 5.75 Å². The Labute approximate surface area is 145 Å². The molecule has 0 unspecified atom stereocenters. The van der Waals surface area contributed by atoms with Gasteiger partial charge < -0.3 is 15.8 Å². The Bertz CT molecular complexity index is 700. The van der Waals surface area contributed by atoms with Gasteiger partial charge in [-0.25, -0.2) is 0 Å². The summed E-state index contributed by atoms with van der Waals surface area (Å²) in [6.07, 6.45) is 0. The van der Waals surface area contributed by atoms with Crippen molar-refractivity contribution in [1.29, 1.82) is 0 Å². The van der Waals surface area contributed by atoms with E-state index in [0.717, 1.165) is 0 Å². The third-order valence-electron chi connectivity index (χ3n) is 3.28. The van der Waals surface area contributed by atoms with E-state index in [2.05, 4.69) is 19.2 Å². The lowest BCUT2D eigenvalue weighted by Gasteiger charge is -2.11. The maximum Gasteiger partial charge on any atom is 0.262 e. The molecule has 23 heavy (non-hydrogen) atoms. The van der Waals surface area contributed by atoms with E-state index < -0.39 is 0 Å². The van der Waals surface area contributed by atoms with E-state index in [1.165, 1.54) is 17.7 Å². The summed E-state index contributed by atoms with van der Waals surface area (Å²) in [6.45, 7) is 4.11. The highest BCUT2D eigenvalue weighted by atomic mass is 35.5. The fourth-order valence-electron chi connectivity index (χ4n) is 1.94. The number of anilines is 2. The summed E-state index contributed by atoms with van der Waals surface area (Å²) < 4.78 is 5.46. The van der Waals surface area contributed by atoms with Gasteiger partial charge >= 0.3 is 0 Å². The van der Waals surface area contributed by atoms with Crippen LogP contribution in [0.2, 0.25) is 10.0 Å². The van der Waals surface area contributed by atoms with Gasteiger partial charge in [-0.1, -0.05) is 49.2 Å². The minimum atomic E-state index is -0.333. The number of nitrogen functional groups attached to an aromatic ring is 1. The van der Waals surface area contributed by atoms with Gasteiger partial charge in [0.25, 0.3) is 5.91 Å². The second-order valence-electron chi connectivity index (χ2n) is 5.41. The SMILES string of the molecule is CC(C)c1ccc(OCC(=O)Nc2cc(Cl)c(N)cc2Cl)cc1. The lowest BCUT2D eigenvalue weighted by atomic mass is 10.0. The summed E-state index contributed by atoms with van der Waals surface area (Å²) in [5.41, 5.74) is 7.60. The molecule has 122 valence electrons. The second kappa shape index (κ2) is 7.57. The van der Waals surface area contributed by atoms with Gasteiger partial charge in [0.05, 0.1) is 21.4 Å². The number of halogens is 2. The predicted octanol–water partition coefficient (Wildman–Crippen LogP) is 4.72. The van der Waals surface area contributed by atoms with Crippen LogP contribution in [0, 0.1) is 0 Å². The van der Waals surface area contributed by atoms with Gasteiger partial charge in [0, 0.05) is 0 Å². The predicted molar refractivity (Wildman–Crippen MR) is 95.5 cm³/mol. The average molecular weight is 353 g/mol. The molecule has 6 heteroatoms. The van der Waals surface area contributed by atoms with Crippen LogP contribution in [-0.4, -0.2) is 12.5 Å². The number of carbonyl (C=O) groups is 1. The third kappa shape index (κ3) is 4.78. The molecule has 0 aliphatic carbocycles. The number of ether oxygens (including phenoxy) is 1. The molecule has 0 saturated carbocycles. The first-order valence-electron chi connectivity index (χ1n) is 7.14. The minimum Gasteiger partial charge on any atom is -0.484 e. The molecule has 0 radical (unpaired) electrons. The van der Waals surface area contributed by atoms with E-state index >= 15 is 0 Å². The molecule has 2 rings (SSSR count). The molecule has 0 atom stereocenters. The summed E-state index contributed by atoms with van der Waals surface area (Å²) in [4.78, 5) is 11.9. The van der Waals surface area contributed by atoms with Crippen molar-refractivity contribution in [2.24, 2.45) is 0 Å². The molecule has 2 aromatic rings. The van der Waals surface area contributed by atoms with Gasteiger partial charge in [0.2, 0.25) is 0 Å². The molecule has 4 nitrogen and oxygen atoms in total. The Morgan fingerprint density at radius 3 is 2.43 bits per heavy atom. The van der Waals surface area contributed by atoms with Crippen LogP contribution in [0.3, 0.4) is 0 Å². The lowest BCUT2D eigenvalue weighted by molar-refractivity contribution is -0.118. The quantitative estimate of drug-likeness (QED) is 0.765. The normalized spacial score (nSPS) is 10.7. The van der Waals surface area contributed by atoms with Gasteiger partial charge in [-0.05, 0) is 35.7 Å². The van der Waals surface area contributed by atoms with E-state index in [9.17, 15) is 4.79 Å². The molecule has 0 aromatic heterocycles. The van der Waals surface area contributed by atoms with Crippen molar-refractivity contribution >= 4 is 40.5 Å². The van der Waals surface area contributed by atoms with E-state index in [-0.39, 0.29) is 12.5 Å². The van der Waals surface area contributed by atoms with Gasteiger partial charge in [-0.2, -0.15) is 0 Å². The van der Waals surface area contributed by atoms with Crippen molar-refractivity contribution in [3.63, 3.8) is 0 Å². The highest BCUT2D eigenvalue weighted by molar-refractivity contribution is 6.37. The molecule has 0 aliphatic rings. The largest absolute Gasteiger partial charge is 0.484 e. The first kappa shape index (κ1) is 17.4. The Morgan fingerprint density at radius 1 is 1.17 bits per heavy atom. The number of nitrogens with two attached hydrogens (primary N) is 1. The fraction of sp³-hybridized carbons (Fsp3) is 0.235. The van der Waals surface area contributed by atoms with Gasteiger partial charge in [-0.15, -0.1) is 0 Å². The topological polar surface area (TPSA) is 64.3 Å². The van der Waals surface area contributed by atoms with Crippen LogP contribution in [0.1, 0.15) is 25.3 Å². The Morgan fingerprint density at radius 2 is 1.83 bits per heavy atom. The zero-order valence-electron chi connectivity index (χ0n) is 12.9. The number of rotatable bonds is 5. The maximum atomic E-state index is 11.9. The zero-order chi connectivity index (χ0) is 17.0. The molecule has 0 spiro atoms. The Kier molecular flexibility index (Phi) is 5.74. The molecule has 1 amide bonds. The minimum absolute atomic E-state index is 0.126. The number of nitrogens with one attached hydrogen (secondary N) is 1. The molecular formula is C17H18Cl2N2O2. The maximum absolute atomic E-state index is 11.9. The summed E-state index contributed by atoms with van der Waals surface area (Å²) in [6, 6.07) is 10.6. The first-order chi connectivity index (χ1) is 10.9. The molecule has 3 N–H and O–H groups in total. The average Bonchev–Trinajstić information content (AvgIpc) is 2.51. The molecule has 0 aliphatic heterocycles. The Hall–Kier alpha value is -1.91. The molecule has 0 fully saturated rings. The molecule has 2 aromatic carbocycles. The first-order valence-corrected chi connectivity index (χ1v) is 7.89. The van der Waals surface area contributed by atoms with Crippen LogP contribution in [0.4, 0.5) is 11.4 Å². The lowest BCUT2D eigenvalue weighted by Crippen LogP contribution is -2.20. The smallest absolute Gasteiger partial charge is 0.262 e. The van der Waals surface area contributed by atoms with E-state index in [1.54, 1.807) is 0 Å². The standard InChI is InChI=1S/C17H18Cl2N2O2/c1-10(2)11-3-5-12(6-4-11)23-9-17(22)21-16-8-13(18)15(20)7-14(16)19/h3-8,10H,9,20H2,1-2H3,(H,21,22). The number of amides is 1. The number of hydrogen-bond donors (Lipinski definition) is 2. The number of hydrogen-bond acceptors (Lipinski definition) is 3. The van der Waals surface area contributed by atoms with Crippen LogP contribution in [-0.2, 0) is 4.79 Å². The number of carbonyl (C=O) groups excluding carboxylic acids is 1. The summed E-state index contributed by atoms with van der Waals surface area (Å²) in [5, 5.41) is 3.29. The summed E-state index contributed by atoms with van der Waals surface area (Å²) in [5.74, 6) is 0.747. The van der Waals surface area contributed by atoms with Crippen molar-refractivity contribution in [3.8, 4) is 5.75 Å². The van der Waals surface area contributed by atoms with Crippen molar-refractivity contribution in [2.75, 3.05) is 17.7 Å². The van der Waals surface area contributed by atoms with Crippen molar-refractivity contribution in [3.05, 3.63) is 52.0 Å². The number of benzene rings is 2. The molecule has 0 saturated heterocycles. The van der Waals surface area contributed by atoms with Crippen LogP contribution in [0.25, 0.3) is 0 Å². The van der Waals surface area contributed by atoms with Crippen molar-refractivity contribution in [1.82, 2.24) is 0 Å². The van der Waals surface area contributed by atoms with Crippen LogP contribution < -0.4 is 15.8 Å². The highest BCUT2D eigenvalue weighted by Gasteiger charge is 2.10. The van der Waals surface area contributed by atoms with Crippen LogP contribution in [0.5, 0.6) is 5.75 Å². The zero-order valence-corrected chi connectivity index (χ0v) is 14.4. The second-order valence-corrected chi connectivity index (χ2v) is 6.23. The monoisotopic (exact) mass is 352 g/mol. The fourth-order valence-corrected chi connectivity index (χ4v) is 2.33. The van der Waals surface area contributed by atoms with E-state index in [4.69, 9.17) is 33.7 Å². The van der Waals surface area contributed by atoms with Crippen LogP contribution in [0.15, 0.2) is 36.4 Å². The third-order valence-corrected chi connectivity index (χ3v) is 3.92. The summed E-state index contributed by atoms with van der Waals surface area (Å²) >= 11 is 11.9. The van der Waals surface area contributed by atoms with Crippen molar-refractivity contribution in [2.45, 2.75) is 19.8 Å². The van der Waals surface area contributed by atoms with Crippen molar-refractivity contribution < 1.29 is 9.53 Å². The van der Waals surface area contributed by atoms with E-state index in [0.29, 0.717) is 33.1 Å². The summed E-state index contributed by atoms with van der Waals surface area (Å²) in [7, 11) is 0. The Balaban J connectivity index is 1.94. The molecular weight excluding hydrogens is 335 g/mol. The van der Waals surface area contributed by atoms with Gasteiger partial charge in [-0.3, -0.25) is 4.79 Å². The van der Waals surface area contributed by atoms with E-state index in [1.807, 2.05) is 24.3 Å². The highest BCUT2D eigenvalue weighted by Crippen LogP contribution is 2.30.